The van der Waals surface area contributed by atoms with Gasteiger partial charge >= 0.3 is 0 Å². The lowest BCUT2D eigenvalue weighted by molar-refractivity contribution is 0.746. The number of aromatic nitrogens is 4. The molecule has 0 fully saturated rings. The van der Waals surface area contributed by atoms with Crippen molar-refractivity contribution in [2.24, 2.45) is 7.05 Å². The predicted octanol–water partition coefficient (Wildman–Crippen LogP) is 2.51. The highest BCUT2D eigenvalue weighted by Gasteiger charge is 2.10. The van der Waals surface area contributed by atoms with Crippen LogP contribution in [0, 0.1) is 6.92 Å². The van der Waals surface area contributed by atoms with E-state index in [4.69, 9.17) is 0 Å². The first-order valence-electron chi connectivity index (χ1n) is 7.47. The zero-order chi connectivity index (χ0) is 15.2. The van der Waals surface area contributed by atoms with Crippen molar-refractivity contribution in [2.45, 2.75) is 40.2 Å². The zero-order valence-electron chi connectivity index (χ0n) is 13.3. The molecule has 0 radical (unpaired) electrons. The Balaban J connectivity index is 2.19. The van der Waals surface area contributed by atoms with Crippen molar-refractivity contribution in [1.29, 1.82) is 0 Å². The molecule has 0 atom stereocenters. The van der Waals surface area contributed by atoms with Crippen molar-refractivity contribution in [2.75, 3.05) is 17.2 Å². The van der Waals surface area contributed by atoms with Gasteiger partial charge in [-0.05, 0) is 26.3 Å². The number of anilines is 2. The van der Waals surface area contributed by atoms with Crippen LogP contribution in [-0.2, 0) is 20.0 Å². The Morgan fingerprint density at radius 1 is 1.14 bits per heavy atom. The molecular weight excluding hydrogens is 264 g/mol. The lowest BCUT2D eigenvalue weighted by Gasteiger charge is -2.14. The Morgan fingerprint density at radius 3 is 2.43 bits per heavy atom. The number of nitrogens with one attached hydrogen (secondary N) is 2. The summed E-state index contributed by atoms with van der Waals surface area (Å²) >= 11 is 0. The molecule has 2 aromatic heterocycles. The van der Waals surface area contributed by atoms with Crippen LogP contribution >= 0.6 is 0 Å². The topological polar surface area (TPSA) is 67.7 Å². The van der Waals surface area contributed by atoms with Crippen LogP contribution in [0.3, 0.4) is 0 Å². The van der Waals surface area contributed by atoms with Crippen molar-refractivity contribution >= 4 is 11.6 Å². The molecule has 2 N–H and O–H groups in total. The van der Waals surface area contributed by atoms with Gasteiger partial charge in [-0.15, -0.1) is 0 Å². The van der Waals surface area contributed by atoms with Gasteiger partial charge in [-0.1, -0.05) is 6.92 Å². The molecule has 21 heavy (non-hydrogen) atoms. The second-order valence-electron chi connectivity index (χ2n) is 5.08. The predicted molar refractivity (Wildman–Crippen MR) is 85.5 cm³/mol. The van der Waals surface area contributed by atoms with Gasteiger partial charge in [-0.2, -0.15) is 5.10 Å². The normalized spacial score (nSPS) is 10.7. The van der Waals surface area contributed by atoms with Crippen molar-refractivity contribution in [3.8, 4) is 0 Å². The molecule has 0 saturated carbocycles. The highest BCUT2D eigenvalue weighted by Crippen LogP contribution is 2.21. The average molecular weight is 288 g/mol. The standard InChI is InChI=1S/C15H24N6/c1-5-7-13-18-14(16-6-2)11(3)15(19-13)17-10-12-8-9-21(4)20-12/h8-9H,5-7,10H2,1-4H3,(H2,16,17,18,19). The molecule has 0 bridgehead atoms. The maximum absolute atomic E-state index is 4.63. The van der Waals surface area contributed by atoms with E-state index in [1.807, 2.05) is 26.2 Å². The third-order valence-corrected chi connectivity index (χ3v) is 3.22. The molecule has 6 nitrogen and oxygen atoms in total. The van der Waals surface area contributed by atoms with Crippen molar-refractivity contribution in [3.63, 3.8) is 0 Å². The summed E-state index contributed by atoms with van der Waals surface area (Å²) in [4.78, 5) is 9.22. The fraction of sp³-hybridized carbons (Fsp3) is 0.533. The second kappa shape index (κ2) is 7.06. The average Bonchev–Trinajstić information content (AvgIpc) is 2.87. The molecule has 6 heteroatoms. The van der Waals surface area contributed by atoms with E-state index in [-0.39, 0.29) is 0 Å². The van der Waals surface area contributed by atoms with E-state index in [0.29, 0.717) is 6.54 Å². The SMILES string of the molecule is CCCc1nc(NCC)c(C)c(NCc2ccn(C)n2)n1. The van der Waals surface area contributed by atoms with Crippen LogP contribution in [0.2, 0.25) is 0 Å². The van der Waals surface area contributed by atoms with Gasteiger partial charge in [0.2, 0.25) is 0 Å². The summed E-state index contributed by atoms with van der Waals surface area (Å²) in [5.41, 5.74) is 2.05. The summed E-state index contributed by atoms with van der Waals surface area (Å²) in [6.07, 6.45) is 3.86. The number of hydrogen-bond donors (Lipinski definition) is 2. The van der Waals surface area contributed by atoms with E-state index in [0.717, 1.165) is 48.1 Å². The van der Waals surface area contributed by atoms with Crippen LogP contribution in [0.1, 0.15) is 37.4 Å². The van der Waals surface area contributed by atoms with Crippen molar-refractivity contribution in [1.82, 2.24) is 19.7 Å². The largest absolute Gasteiger partial charge is 0.370 e. The lowest BCUT2D eigenvalue weighted by Crippen LogP contribution is -2.11. The van der Waals surface area contributed by atoms with E-state index in [1.54, 1.807) is 4.68 Å². The molecule has 2 aromatic rings. The van der Waals surface area contributed by atoms with Crippen molar-refractivity contribution in [3.05, 3.63) is 29.3 Å². The summed E-state index contributed by atoms with van der Waals surface area (Å²) in [7, 11) is 1.92. The zero-order valence-corrected chi connectivity index (χ0v) is 13.3. The van der Waals surface area contributed by atoms with Gasteiger partial charge in [0, 0.05) is 31.8 Å². The van der Waals surface area contributed by atoms with Gasteiger partial charge in [-0.25, -0.2) is 9.97 Å². The first-order chi connectivity index (χ1) is 10.1. The van der Waals surface area contributed by atoms with E-state index in [2.05, 4.69) is 39.5 Å². The maximum Gasteiger partial charge on any atom is 0.135 e. The first-order valence-corrected chi connectivity index (χ1v) is 7.47. The number of nitrogens with zero attached hydrogens (tertiary/aromatic N) is 4. The van der Waals surface area contributed by atoms with Crippen LogP contribution in [0.5, 0.6) is 0 Å². The molecule has 0 aliphatic rings. The Hall–Kier alpha value is -2.11. The minimum absolute atomic E-state index is 0.663. The molecule has 0 unspecified atom stereocenters. The quantitative estimate of drug-likeness (QED) is 0.819. The summed E-state index contributed by atoms with van der Waals surface area (Å²) < 4.78 is 1.80. The molecule has 0 saturated heterocycles. The van der Waals surface area contributed by atoms with E-state index in [1.165, 1.54) is 0 Å². The Kier molecular flexibility index (Phi) is 5.14. The summed E-state index contributed by atoms with van der Waals surface area (Å²) in [5, 5.41) is 11.0. The second-order valence-corrected chi connectivity index (χ2v) is 5.08. The third-order valence-electron chi connectivity index (χ3n) is 3.22. The third kappa shape index (κ3) is 3.93. The monoisotopic (exact) mass is 288 g/mol. The molecule has 114 valence electrons. The van der Waals surface area contributed by atoms with E-state index < -0.39 is 0 Å². The van der Waals surface area contributed by atoms with Gasteiger partial charge < -0.3 is 10.6 Å². The molecule has 0 aliphatic carbocycles. The molecular formula is C15H24N6. The molecule has 0 aromatic carbocycles. The van der Waals surface area contributed by atoms with E-state index >= 15 is 0 Å². The van der Waals surface area contributed by atoms with Gasteiger partial charge in [0.05, 0.1) is 12.2 Å². The van der Waals surface area contributed by atoms with E-state index in [9.17, 15) is 0 Å². The first kappa shape index (κ1) is 15.3. The molecule has 2 heterocycles. The smallest absolute Gasteiger partial charge is 0.135 e. The number of aryl methyl sites for hydroxylation is 2. The Morgan fingerprint density at radius 2 is 1.86 bits per heavy atom. The van der Waals surface area contributed by atoms with Crippen LogP contribution in [-0.4, -0.2) is 26.3 Å². The summed E-state index contributed by atoms with van der Waals surface area (Å²) in [6.45, 7) is 7.76. The molecule has 0 amide bonds. The van der Waals surface area contributed by atoms with Crippen molar-refractivity contribution < 1.29 is 0 Å². The maximum atomic E-state index is 4.63. The number of rotatable bonds is 7. The van der Waals surface area contributed by atoms with Crippen LogP contribution in [0.4, 0.5) is 11.6 Å². The van der Waals surface area contributed by atoms with Gasteiger partial charge in [-0.3, -0.25) is 4.68 Å². The summed E-state index contributed by atoms with van der Waals surface area (Å²) in [6, 6.07) is 2.00. The van der Waals surface area contributed by atoms with Gasteiger partial charge in [0.1, 0.15) is 17.5 Å². The summed E-state index contributed by atoms with van der Waals surface area (Å²) in [5.74, 6) is 2.68. The number of hydrogen-bond acceptors (Lipinski definition) is 5. The fourth-order valence-corrected chi connectivity index (χ4v) is 2.14. The lowest BCUT2D eigenvalue weighted by atomic mass is 10.2. The molecule has 2 rings (SSSR count). The minimum Gasteiger partial charge on any atom is -0.370 e. The van der Waals surface area contributed by atoms with Crippen LogP contribution in [0.25, 0.3) is 0 Å². The highest BCUT2D eigenvalue weighted by molar-refractivity contribution is 5.57. The Bertz CT molecular complexity index is 590. The molecule has 0 spiro atoms. The fourth-order valence-electron chi connectivity index (χ4n) is 2.14. The molecule has 0 aliphatic heterocycles. The van der Waals surface area contributed by atoms with Gasteiger partial charge in [0.15, 0.2) is 0 Å². The van der Waals surface area contributed by atoms with Crippen LogP contribution < -0.4 is 10.6 Å². The van der Waals surface area contributed by atoms with Gasteiger partial charge in [0.25, 0.3) is 0 Å². The Labute approximate surface area is 126 Å². The minimum atomic E-state index is 0.663. The highest BCUT2D eigenvalue weighted by atomic mass is 15.3. The van der Waals surface area contributed by atoms with Crippen LogP contribution in [0.15, 0.2) is 12.3 Å².